The van der Waals surface area contributed by atoms with Crippen LogP contribution >= 0.6 is 0 Å². The summed E-state index contributed by atoms with van der Waals surface area (Å²) < 4.78 is 80.9. The average molecular weight is 881 g/mol. The van der Waals surface area contributed by atoms with Crippen LogP contribution in [0.2, 0.25) is 0 Å². The van der Waals surface area contributed by atoms with Gasteiger partial charge in [-0.3, -0.25) is 0 Å². The Bertz CT molecular complexity index is 2010. The molecule has 0 N–H and O–H groups in total. The Morgan fingerprint density at radius 2 is 0.953 bits per heavy atom. The van der Waals surface area contributed by atoms with Gasteiger partial charge < -0.3 is 56.8 Å². The Morgan fingerprint density at radius 3 is 1.53 bits per heavy atom. The first kappa shape index (κ1) is 45.6. The van der Waals surface area contributed by atoms with Gasteiger partial charge in [-0.05, 0) is 62.8 Å². The molecule has 64 heavy (non-hydrogen) atoms. The first-order valence-electron chi connectivity index (χ1n) is 23.0. The Kier molecular flexibility index (Phi) is 14.6. The summed E-state index contributed by atoms with van der Waals surface area (Å²) >= 11 is 0. The molecular formula is C52H64O12. The molecule has 1 saturated carbocycles. The van der Waals surface area contributed by atoms with Crippen molar-refractivity contribution in [2.45, 2.75) is 165 Å². The monoisotopic (exact) mass is 880 g/mol. The summed E-state index contributed by atoms with van der Waals surface area (Å²) in [6.07, 6.45) is -1.87. The molecule has 10 atom stereocenters. The minimum atomic E-state index is -1.05. The summed E-state index contributed by atoms with van der Waals surface area (Å²) in [6, 6.07) is 40.5. The van der Waals surface area contributed by atoms with Crippen molar-refractivity contribution in [1.82, 2.24) is 0 Å². The van der Waals surface area contributed by atoms with Crippen LogP contribution in [0.15, 0.2) is 121 Å². The van der Waals surface area contributed by atoms with Crippen LogP contribution in [0.25, 0.3) is 0 Å². The van der Waals surface area contributed by atoms with Crippen molar-refractivity contribution >= 4 is 0 Å². The fourth-order valence-electron chi connectivity index (χ4n) is 9.50. The quantitative estimate of drug-likeness (QED) is 0.0892. The number of hydrogen-bond donors (Lipinski definition) is 0. The standard InChI is InChI=1S/C52H64O12/c1-50(2)60-43-41(59-49-47(45(43)61-50)62-51(3,4)63-49)35-57-52(28-18-9-19-29-52)64-48-46(56-33-39-26-16-8-17-27-39)44(55-32-38-24-14-7-15-25-38)42(54-31-37-22-12-6-13-23-37)40(58-48)34-53-30-36-20-10-5-11-21-36/h5-8,10-17,20-27,40-49H,9,18-19,28-35H2,1-4H3/t40-,41-,42-,43+,44+,45+,46-,47-,48-,49-/m1/s1. The molecule has 0 bridgehead atoms. The summed E-state index contributed by atoms with van der Waals surface area (Å²) in [4.78, 5) is 0. The minimum absolute atomic E-state index is 0.163. The summed E-state index contributed by atoms with van der Waals surface area (Å²) in [7, 11) is 0. The van der Waals surface area contributed by atoms with Gasteiger partial charge in [0.05, 0.1) is 39.6 Å². The number of fused-ring (bicyclic) bond motifs is 3. The second kappa shape index (κ2) is 20.5. The lowest BCUT2D eigenvalue weighted by molar-refractivity contribution is -0.392. The van der Waals surface area contributed by atoms with E-state index in [4.69, 9.17) is 56.8 Å². The van der Waals surface area contributed by atoms with Crippen molar-refractivity contribution in [3.05, 3.63) is 144 Å². The third kappa shape index (κ3) is 11.3. The van der Waals surface area contributed by atoms with Crippen LogP contribution < -0.4 is 0 Å². The third-order valence-electron chi connectivity index (χ3n) is 12.5. The van der Waals surface area contributed by atoms with E-state index in [1.807, 2.05) is 113 Å². The molecular weight excluding hydrogens is 817 g/mol. The molecule has 4 saturated heterocycles. The molecule has 5 aliphatic rings. The van der Waals surface area contributed by atoms with Crippen molar-refractivity contribution in [1.29, 1.82) is 0 Å². The molecule has 0 spiro atoms. The fourth-order valence-corrected chi connectivity index (χ4v) is 9.50. The molecule has 344 valence electrons. The highest BCUT2D eigenvalue weighted by Gasteiger charge is 2.61. The number of rotatable bonds is 18. The van der Waals surface area contributed by atoms with Gasteiger partial charge in [0.1, 0.15) is 48.8 Å². The average Bonchev–Trinajstić information content (AvgIpc) is 3.81. The highest BCUT2D eigenvalue weighted by molar-refractivity contribution is 5.17. The van der Waals surface area contributed by atoms with Crippen LogP contribution in [0.3, 0.4) is 0 Å². The molecule has 0 radical (unpaired) electrons. The molecule has 4 heterocycles. The maximum absolute atomic E-state index is 7.33. The summed E-state index contributed by atoms with van der Waals surface area (Å²) in [5, 5.41) is 0. The predicted molar refractivity (Wildman–Crippen MR) is 235 cm³/mol. The van der Waals surface area contributed by atoms with E-state index in [9.17, 15) is 0 Å². The maximum atomic E-state index is 7.33. The van der Waals surface area contributed by atoms with Crippen LogP contribution in [0.1, 0.15) is 82.1 Å². The van der Waals surface area contributed by atoms with E-state index in [0.717, 1.165) is 41.5 Å². The van der Waals surface area contributed by atoms with Gasteiger partial charge in [0.15, 0.2) is 29.9 Å². The van der Waals surface area contributed by atoms with E-state index in [2.05, 4.69) is 36.4 Å². The van der Waals surface area contributed by atoms with Crippen molar-refractivity contribution in [2.24, 2.45) is 0 Å². The van der Waals surface area contributed by atoms with Crippen LogP contribution in [-0.4, -0.2) is 92.0 Å². The van der Waals surface area contributed by atoms with Gasteiger partial charge in [0.2, 0.25) is 0 Å². The van der Waals surface area contributed by atoms with Gasteiger partial charge in [-0.1, -0.05) is 128 Å². The third-order valence-corrected chi connectivity index (χ3v) is 12.5. The topological polar surface area (TPSA) is 111 Å². The second-order valence-electron chi connectivity index (χ2n) is 18.4. The van der Waals surface area contributed by atoms with Gasteiger partial charge in [-0.15, -0.1) is 0 Å². The summed E-state index contributed by atoms with van der Waals surface area (Å²) in [5.41, 5.74) is 4.11. The van der Waals surface area contributed by atoms with Crippen LogP contribution in [-0.2, 0) is 83.3 Å². The van der Waals surface area contributed by atoms with E-state index in [1.54, 1.807) is 0 Å². The van der Waals surface area contributed by atoms with Crippen molar-refractivity contribution in [3.8, 4) is 0 Å². The molecule has 0 aromatic heterocycles. The number of hydrogen-bond acceptors (Lipinski definition) is 12. The molecule has 5 fully saturated rings. The highest BCUT2D eigenvalue weighted by Crippen LogP contribution is 2.45. The van der Waals surface area contributed by atoms with Crippen LogP contribution in [0.5, 0.6) is 0 Å². The van der Waals surface area contributed by atoms with Crippen LogP contribution in [0, 0.1) is 0 Å². The second-order valence-corrected chi connectivity index (χ2v) is 18.4. The maximum Gasteiger partial charge on any atom is 0.190 e. The van der Waals surface area contributed by atoms with E-state index in [0.29, 0.717) is 39.3 Å². The molecule has 4 aromatic carbocycles. The smallest absolute Gasteiger partial charge is 0.190 e. The molecule has 1 aliphatic carbocycles. The van der Waals surface area contributed by atoms with Gasteiger partial charge >= 0.3 is 0 Å². The van der Waals surface area contributed by atoms with Crippen molar-refractivity contribution in [2.75, 3.05) is 13.2 Å². The van der Waals surface area contributed by atoms with E-state index >= 15 is 0 Å². The van der Waals surface area contributed by atoms with Gasteiger partial charge in [0, 0.05) is 12.8 Å². The van der Waals surface area contributed by atoms with E-state index < -0.39 is 78.8 Å². The van der Waals surface area contributed by atoms with E-state index in [-0.39, 0.29) is 13.2 Å². The first-order chi connectivity index (χ1) is 31.1. The Labute approximate surface area is 377 Å². The molecule has 12 heteroatoms. The summed E-state index contributed by atoms with van der Waals surface area (Å²) in [6.45, 7) is 9.31. The Hall–Kier alpha value is -3.60. The minimum Gasteiger partial charge on any atom is -0.374 e. The largest absolute Gasteiger partial charge is 0.374 e. The van der Waals surface area contributed by atoms with Crippen molar-refractivity contribution in [3.63, 3.8) is 0 Å². The lowest BCUT2D eigenvalue weighted by Crippen LogP contribution is -2.63. The predicted octanol–water partition coefficient (Wildman–Crippen LogP) is 8.77. The highest BCUT2D eigenvalue weighted by atomic mass is 16.9. The SMILES string of the molecule is CC1(C)O[C@H]2[C@@H](O1)[C@@H](COC1(O[C@H]3O[C@H](COCc4ccccc4)[C@@H](OCc4ccccc4)[C@H](OCc4ccccc4)[C@H]3OCc3ccccc3)CCCCC1)O[C@@H]1OC(C)(C)O[C@@H]12. The fraction of sp³-hybridized carbons (Fsp3) is 0.538. The number of ether oxygens (including phenoxy) is 12. The van der Waals surface area contributed by atoms with Gasteiger partial charge in [0.25, 0.3) is 0 Å². The lowest BCUT2D eigenvalue weighted by Gasteiger charge is -2.49. The molecule has 0 unspecified atom stereocenters. The zero-order chi connectivity index (χ0) is 44.0. The molecule has 9 rings (SSSR count). The van der Waals surface area contributed by atoms with Crippen LogP contribution in [0.4, 0.5) is 0 Å². The zero-order valence-electron chi connectivity index (χ0n) is 37.5. The van der Waals surface area contributed by atoms with Crippen molar-refractivity contribution < 1.29 is 56.8 Å². The molecule has 0 amide bonds. The molecule has 4 aromatic rings. The Balaban J connectivity index is 1.03. The van der Waals surface area contributed by atoms with Gasteiger partial charge in [-0.2, -0.15) is 0 Å². The summed E-state index contributed by atoms with van der Waals surface area (Å²) in [5.74, 6) is -2.73. The van der Waals surface area contributed by atoms with Gasteiger partial charge in [-0.25, -0.2) is 0 Å². The normalized spacial score (nSPS) is 31.6. The molecule has 4 aliphatic heterocycles. The molecule has 12 nitrogen and oxygen atoms in total. The lowest BCUT2D eigenvalue weighted by atomic mass is 9.92. The zero-order valence-corrected chi connectivity index (χ0v) is 37.5. The Morgan fingerprint density at radius 1 is 0.469 bits per heavy atom. The first-order valence-corrected chi connectivity index (χ1v) is 23.0. The van der Waals surface area contributed by atoms with E-state index in [1.165, 1.54) is 0 Å². The number of benzene rings is 4.